The van der Waals surface area contributed by atoms with Gasteiger partial charge in [-0.05, 0) is 12.8 Å². The Morgan fingerprint density at radius 2 is 2.31 bits per heavy atom. The van der Waals surface area contributed by atoms with Crippen LogP contribution in [0.4, 0.5) is 5.82 Å². The lowest BCUT2D eigenvalue weighted by atomic mass is 10.2. The van der Waals surface area contributed by atoms with Crippen LogP contribution >= 0.6 is 0 Å². The predicted octanol–water partition coefficient (Wildman–Crippen LogP) is 0.848. The molecule has 1 atom stereocenters. The number of nitrogens with zero attached hydrogens (tertiary/aromatic N) is 2. The zero-order valence-electron chi connectivity index (χ0n) is 9.81. The second kappa shape index (κ2) is 7.14. The molecular formula is C11H19N3O2. The molecule has 5 nitrogen and oxygen atoms in total. The van der Waals surface area contributed by atoms with E-state index in [0.29, 0.717) is 19.6 Å². The van der Waals surface area contributed by atoms with Crippen LogP contribution in [-0.2, 0) is 11.2 Å². The third-order valence-corrected chi connectivity index (χ3v) is 2.23. The van der Waals surface area contributed by atoms with E-state index in [4.69, 9.17) is 4.74 Å². The fourth-order valence-corrected chi connectivity index (χ4v) is 1.33. The minimum Gasteiger partial charge on any atom is -0.391 e. The molecule has 1 rings (SSSR count). The first-order valence-corrected chi connectivity index (χ1v) is 5.48. The van der Waals surface area contributed by atoms with Gasteiger partial charge in [0, 0.05) is 25.4 Å². The Morgan fingerprint density at radius 3 is 3.00 bits per heavy atom. The Hall–Kier alpha value is -1.20. The number of aliphatic hydroxyl groups is 1. The van der Waals surface area contributed by atoms with Gasteiger partial charge < -0.3 is 15.2 Å². The van der Waals surface area contributed by atoms with Crippen molar-refractivity contribution in [3.63, 3.8) is 0 Å². The van der Waals surface area contributed by atoms with Gasteiger partial charge in [0.15, 0.2) is 0 Å². The van der Waals surface area contributed by atoms with Crippen LogP contribution in [-0.4, -0.2) is 41.4 Å². The number of anilines is 1. The Kier molecular flexibility index (Phi) is 5.74. The Labute approximate surface area is 95.9 Å². The van der Waals surface area contributed by atoms with E-state index in [2.05, 4.69) is 22.2 Å². The summed E-state index contributed by atoms with van der Waals surface area (Å²) in [6, 6.07) is 1.92. The molecule has 0 aliphatic carbocycles. The maximum Gasteiger partial charge on any atom is 0.129 e. The fraction of sp³-hybridized carbons (Fsp3) is 0.636. The van der Waals surface area contributed by atoms with Gasteiger partial charge in [0.05, 0.1) is 12.7 Å². The number of aromatic nitrogens is 2. The first kappa shape index (κ1) is 12.9. The lowest BCUT2D eigenvalue weighted by molar-refractivity contribution is 0.0615. The third-order valence-electron chi connectivity index (χ3n) is 2.23. The molecule has 1 heterocycles. The van der Waals surface area contributed by atoms with Gasteiger partial charge >= 0.3 is 0 Å². The molecule has 0 spiro atoms. The normalized spacial score (nSPS) is 12.4. The van der Waals surface area contributed by atoms with Gasteiger partial charge in [-0.25, -0.2) is 9.97 Å². The van der Waals surface area contributed by atoms with Crippen molar-refractivity contribution in [2.75, 3.05) is 25.6 Å². The SMILES string of the molecule is CCc1cc(NCCC(O)COC)ncn1. The van der Waals surface area contributed by atoms with E-state index in [1.54, 1.807) is 13.4 Å². The van der Waals surface area contributed by atoms with Crippen LogP contribution in [0, 0.1) is 0 Å². The molecule has 0 saturated carbocycles. The van der Waals surface area contributed by atoms with E-state index in [1.165, 1.54) is 0 Å². The summed E-state index contributed by atoms with van der Waals surface area (Å²) in [6.45, 7) is 3.09. The van der Waals surface area contributed by atoms with Gasteiger partial charge in [0.25, 0.3) is 0 Å². The second-order valence-corrected chi connectivity index (χ2v) is 3.57. The first-order valence-electron chi connectivity index (χ1n) is 5.48. The molecule has 2 N–H and O–H groups in total. The quantitative estimate of drug-likeness (QED) is 0.720. The number of hydrogen-bond donors (Lipinski definition) is 2. The summed E-state index contributed by atoms with van der Waals surface area (Å²) in [6.07, 6.45) is 2.65. The molecule has 90 valence electrons. The highest BCUT2D eigenvalue weighted by atomic mass is 16.5. The standard InChI is InChI=1S/C11H19N3O2/c1-3-9-6-11(14-8-13-9)12-5-4-10(15)7-16-2/h6,8,10,15H,3-5,7H2,1-2H3,(H,12,13,14). The summed E-state index contributed by atoms with van der Waals surface area (Å²) >= 11 is 0. The number of rotatable bonds is 7. The molecule has 0 fully saturated rings. The highest BCUT2D eigenvalue weighted by Crippen LogP contribution is 2.04. The van der Waals surface area contributed by atoms with Crippen molar-refractivity contribution in [3.05, 3.63) is 18.1 Å². The summed E-state index contributed by atoms with van der Waals surface area (Å²) in [5, 5.41) is 12.6. The number of methoxy groups -OCH3 is 1. The van der Waals surface area contributed by atoms with Crippen molar-refractivity contribution >= 4 is 5.82 Å². The molecule has 0 saturated heterocycles. The van der Waals surface area contributed by atoms with Crippen LogP contribution in [0.2, 0.25) is 0 Å². The van der Waals surface area contributed by atoms with Crippen molar-refractivity contribution in [3.8, 4) is 0 Å². The number of aryl methyl sites for hydroxylation is 1. The topological polar surface area (TPSA) is 67.3 Å². The molecule has 1 aromatic rings. The molecule has 0 bridgehead atoms. The number of hydrogen-bond acceptors (Lipinski definition) is 5. The average Bonchev–Trinajstić information content (AvgIpc) is 2.30. The highest BCUT2D eigenvalue weighted by molar-refractivity contribution is 5.34. The molecule has 1 aromatic heterocycles. The second-order valence-electron chi connectivity index (χ2n) is 3.57. The van der Waals surface area contributed by atoms with Crippen molar-refractivity contribution in [2.24, 2.45) is 0 Å². The molecule has 0 radical (unpaired) electrons. The minimum absolute atomic E-state index is 0.367. The van der Waals surface area contributed by atoms with Crippen molar-refractivity contribution < 1.29 is 9.84 Å². The van der Waals surface area contributed by atoms with Crippen LogP contribution in [0.3, 0.4) is 0 Å². The Morgan fingerprint density at radius 1 is 1.50 bits per heavy atom. The van der Waals surface area contributed by atoms with E-state index >= 15 is 0 Å². The van der Waals surface area contributed by atoms with Crippen LogP contribution in [0.1, 0.15) is 19.0 Å². The Bertz CT molecular complexity index is 307. The first-order chi connectivity index (χ1) is 7.76. The largest absolute Gasteiger partial charge is 0.391 e. The van der Waals surface area contributed by atoms with Crippen molar-refractivity contribution in [1.29, 1.82) is 0 Å². The minimum atomic E-state index is -0.426. The monoisotopic (exact) mass is 225 g/mol. The highest BCUT2D eigenvalue weighted by Gasteiger charge is 2.03. The lowest BCUT2D eigenvalue weighted by Crippen LogP contribution is -2.18. The molecule has 5 heteroatoms. The van der Waals surface area contributed by atoms with Crippen LogP contribution in [0.5, 0.6) is 0 Å². The molecule has 0 aliphatic rings. The zero-order chi connectivity index (χ0) is 11.8. The van der Waals surface area contributed by atoms with Crippen LogP contribution in [0.15, 0.2) is 12.4 Å². The van der Waals surface area contributed by atoms with Crippen LogP contribution < -0.4 is 5.32 Å². The summed E-state index contributed by atoms with van der Waals surface area (Å²) < 4.78 is 4.84. The maximum atomic E-state index is 9.43. The zero-order valence-corrected chi connectivity index (χ0v) is 9.81. The molecule has 0 aliphatic heterocycles. The number of ether oxygens (including phenoxy) is 1. The maximum absolute atomic E-state index is 9.43. The van der Waals surface area contributed by atoms with Gasteiger partial charge in [0.1, 0.15) is 12.1 Å². The van der Waals surface area contributed by atoms with E-state index in [-0.39, 0.29) is 0 Å². The lowest BCUT2D eigenvalue weighted by Gasteiger charge is -2.10. The van der Waals surface area contributed by atoms with E-state index < -0.39 is 6.10 Å². The van der Waals surface area contributed by atoms with Gasteiger partial charge in [0.2, 0.25) is 0 Å². The third kappa shape index (κ3) is 4.55. The molecular weight excluding hydrogens is 206 g/mol. The summed E-state index contributed by atoms with van der Waals surface area (Å²) in [5.41, 5.74) is 1.01. The van der Waals surface area contributed by atoms with E-state index in [1.807, 2.05) is 6.07 Å². The van der Waals surface area contributed by atoms with Crippen molar-refractivity contribution in [2.45, 2.75) is 25.9 Å². The van der Waals surface area contributed by atoms with Crippen molar-refractivity contribution in [1.82, 2.24) is 9.97 Å². The van der Waals surface area contributed by atoms with Gasteiger partial charge in [-0.1, -0.05) is 6.92 Å². The predicted molar refractivity (Wildman–Crippen MR) is 62.4 cm³/mol. The van der Waals surface area contributed by atoms with E-state index in [0.717, 1.165) is 17.9 Å². The van der Waals surface area contributed by atoms with Gasteiger partial charge in [-0.2, -0.15) is 0 Å². The average molecular weight is 225 g/mol. The van der Waals surface area contributed by atoms with Crippen LogP contribution in [0.25, 0.3) is 0 Å². The van der Waals surface area contributed by atoms with E-state index in [9.17, 15) is 5.11 Å². The number of nitrogens with one attached hydrogen (secondary N) is 1. The summed E-state index contributed by atoms with van der Waals surface area (Å²) in [5.74, 6) is 0.802. The molecule has 1 unspecified atom stereocenters. The number of aliphatic hydroxyl groups excluding tert-OH is 1. The van der Waals surface area contributed by atoms with Gasteiger partial charge in [-0.3, -0.25) is 0 Å². The summed E-state index contributed by atoms with van der Waals surface area (Å²) in [7, 11) is 1.58. The Balaban J connectivity index is 2.31. The summed E-state index contributed by atoms with van der Waals surface area (Å²) in [4.78, 5) is 8.21. The molecule has 16 heavy (non-hydrogen) atoms. The smallest absolute Gasteiger partial charge is 0.129 e. The van der Waals surface area contributed by atoms with Gasteiger partial charge in [-0.15, -0.1) is 0 Å². The molecule has 0 aromatic carbocycles. The fourth-order valence-electron chi connectivity index (χ4n) is 1.33. The molecule has 0 amide bonds.